The number of hydrogen-bond acceptors (Lipinski definition) is 4. The highest BCUT2D eigenvalue weighted by Gasteiger charge is 2.10. The van der Waals surface area contributed by atoms with E-state index < -0.39 is 5.91 Å². The molecule has 0 aliphatic heterocycles. The van der Waals surface area contributed by atoms with Crippen LogP contribution in [-0.2, 0) is 0 Å². The average molecular weight is 295 g/mol. The van der Waals surface area contributed by atoms with E-state index in [4.69, 9.17) is 10.5 Å². The van der Waals surface area contributed by atoms with Crippen molar-refractivity contribution in [2.24, 2.45) is 5.73 Å². The van der Waals surface area contributed by atoms with Crippen molar-refractivity contribution in [3.05, 3.63) is 58.4 Å². The largest absolute Gasteiger partial charge is 0.494 e. The van der Waals surface area contributed by atoms with Gasteiger partial charge in [0.1, 0.15) is 17.1 Å². The van der Waals surface area contributed by atoms with E-state index in [-0.39, 0.29) is 5.56 Å². The van der Waals surface area contributed by atoms with Crippen LogP contribution in [0.5, 0.6) is 5.75 Å². The minimum Gasteiger partial charge on any atom is -0.494 e. The number of fused-ring (bicyclic) bond motifs is 1. The number of aromatic nitrogens is 2. The Hall–Kier alpha value is -3.15. The third kappa shape index (κ3) is 2.31. The van der Waals surface area contributed by atoms with Crippen molar-refractivity contribution in [1.29, 1.82) is 0 Å². The summed E-state index contributed by atoms with van der Waals surface area (Å²) < 4.78 is 5.25. The van der Waals surface area contributed by atoms with Crippen molar-refractivity contribution in [3.8, 4) is 17.1 Å². The van der Waals surface area contributed by atoms with Gasteiger partial charge in [0, 0.05) is 11.1 Å². The lowest BCUT2D eigenvalue weighted by Crippen LogP contribution is -2.11. The fourth-order valence-electron chi connectivity index (χ4n) is 2.23. The first-order valence-electron chi connectivity index (χ1n) is 6.57. The molecule has 3 aromatic rings. The van der Waals surface area contributed by atoms with Crippen LogP contribution in [0.3, 0.4) is 0 Å². The highest BCUT2D eigenvalue weighted by molar-refractivity contribution is 5.93. The zero-order valence-electron chi connectivity index (χ0n) is 11.8. The summed E-state index contributed by atoms with van der Waals surface area (Å²) in [6, 6.07) is 11.7. The number of para-hydroxylation sites is 1. The zero-order chi connectivity index (χ0) is 15.7. The molecule has 6 heteroatoms. The summed E-state index contributed by atoms with van der Waals surface area (Å²) in [6.45, 7) is 0. The number of aromatic amines is 1. The van der Waals surface area contributed by atoms with E-state index in [1.165, 1.54) is 7.11 Å². The molecule has 2 aromatic carbocycles. The Kier molecular flexibility index (Phi) is 3.34. The molecule has 0 fully saturated rings. The van der Waals surface area contributed by atoms with Crippen LogP contribution in [0.1, 0.15) is 10.4 Å². The Labute approximate surface area is 125 Å². The summed E-state index contributed by atoms with van der Waals surface area (Å²) >= 11 is 0. The van der Waals surface area contributed by atoms with Gasteiger partial charge in [0.2, 0.25) is 5.91 Å². The van der Waals surface area contributed by atoms with E-state index in [0.717, 1.165) is 0 Å². The van der Waals surface area contributed by atoms with Gasteiger partial charge >= 0.3 is 0 Å². The fraction of sp³-hybridized carbons (Fsp3) is 0.0625. The maximum absolute atomic E-state index is 12.2. The summed E-state index contributed by atoms with van der Waals surface area (Å²) in [5.74, 6) is 0.421. The molecule has 0 bridgehead atoms. The molecular weight excluding hydrogens is 282 g/mol. The Morgan fingerprint density at radius 1 is 1.18 bits per heavy atom. The number of nitrogens with zero attached hydrogens (tertiary/aromatic N) is 1. The molecule has 1 amide bonds. The number of methoxy groups -OCH3 is 1. The minimum atomic E-state index is -0.506. The third-order valence-corrected chi connectivity index (χ3v) is 3.36. The molecule has 6 nitrogen and oxygen atoms in total. The van der Waals surface area contributed by atoms with E-state index in [0.29, 0.717) is 33.6 Å². The van der Waals surface area contributed by atoms with Crippen molar-refractivity contribution in [3.63, 3.8) is 0 Å². The number of carbonyl (C=O) groups excluding carboxylic acids is 1. The number of primary amides is 1. The topological polar surface area (TPSA) is 98.1 Å². The number of nitrogens with two attached hydrogens (primary N) is 1. The third-order valence-electron chi connectivity index (χ3n) is 3.36. The van der Waals surface area contributed by atoms with Crippen LogP contribution in [0.25, 0.3) is 22.3 Å². The highest BCUT2D eigenvalue weighted by atomic mass is 16.5. The first kappa shape index (κ1) is 13.8. The molecule has 0 saturated carbocycles. The van der Waals surface area contributed by atoms with Gasteiger partial charge in [0.25, 0.3) is 5.56 Å². The van der Waals surface area contributed by atoms with Crippen LogP contribution < -0.4 is 16.0 Å². The predicted molar refractivity (Wildman–Crippen MR) is 82.9 cm³/mol. The lowest BCUT2D eigenvalue weighted by Gasteiger charge is -2.07. The minimum absolute atomic E-state index is 0.252. The number of carbonyl (C=O) groups is 1. The first-order chi connectivity index (χ1) is 10.6. The van der Waals surface area contributed by atoms with Crippen LogP contribution in [0.4, 0.5) is 0 Å². The zero-order valence-corrected chi connectivity index (χ0v) is 11.8. The van der Waals surface area contributed by atoms with Gasteiger partial charge in [0.05, 0.1) is 12.5 Å². The maximum atomic E-state index is 12.2. The molecule has 0 atom stereocenters. The Bertz CT molecular complexity index is 914. The predicted octanol–water partition coefficient (Wildman–Crippen LogP) is 1.70. The molecule has 110 valence electrons. The number of ether oxygens (including phenoxy) is 1. The van der Waals surface area contributed by atoms with Crippen LogP contribution >= 0.6 is 0 Å². The van der Waals surface area contributed by atoms with Crippen LogP contribution in [0.2, 0.25) is 0 Å². The fourth-order valence-corrected chi connectivity index (χ4v) is 2.23. The molecule has 1 heterocycles. The van der Waals surface area contributed by atoms with Crippen molar-refractivity contribution < 1.29 is 9.53 Å². The molecule has 0 saturated heterocycles. The maximum Gasteiger partial charge on any atom is 0.259 e. The van der Waals surface area contributed by atoms with Crippen LogP contribution in [0, 0.1) is 0 Å². The van der Waals surface area contributed by atoms with Gasteiger partial charge in [-0.15, -0.1) is 0 Å². The molecule has 3 N–H and O–H groups in total. The van der Waals surface area contributed by atoms with Crippen molar-refractivity contribution in [2.75, 3.05) is 7.11 Å². The molecule has 0 unspecified atom stereocenters. The molecule has 0 spiro atoms. The Balaban J connectivity index is 2.19. The monoisotopic (exact) mass is 295 g/mol. The summed E-state index contributed by atoms with van der Waals surface area (Å²) in [5.41, 5.74) is 6.52. The number of nitrogens with one attached hydrogen (secondary N) is 1. The van der Waals surface area contributed by atoms with Gasteiger partial charge in [-0.1, -0.05) is 18.2 Å². The quantitative estimate of drug-likeness (QED) is 0.768. The average Bonchev–Trinajstić information content (AvgIpc) is 2.54. The molecule has 3 rings (SSSR count). The summed E-state index contributed by atoms with van der Waals surface area (Å²) in [4.78, 5) is 30.5. The SMILES string of the molecule is COc1cccc2c(=O)[nH]c(-c3ccc(C(N)=O)cc3)nc12. The smallest absolute Gasteiger partial charge is 0.259 e. The Morgan fingerprint density at radius 2 is 1.91 bits per heavy atom. The molecule has 0 aliphatic rings. The van der Waals surface area contributed by atoms with Gasteiger partial charge in [-0.25, -0.2) is 4.98 Å². The van der Waals surface area contributed by atoms with Crippen molar-refractivity contribution >= 4 is 16.8 Å². The van der Waals surface area contributed by atoms with E-state index in [1.54, 1.807) is 42.5 Å². The normalized spacial score (nSPS) is 10.6. The molecule has 0 aliphatic carbocycles. The number of hydrogen-bond donors (Lipinski definition) is 2. The van der Waals surface area contributed by atoms with Gasteiger partial charge in [-0.05, 0) is 24.3 Å². The lowest BCUT2D eigenvalue weighted by molar-refractivity contribution is 0.100. The number of benzene rings is 2. The van der Waals surface area contributed by atoms with Crippen molar-refractivity contribution in [2.45, 2.75) is 0 Å². The molecular formula is C16H13N3O3. The van der Waals surface area contributed by atoms with Gasteiger partial charge in [-0.3, -0.25) is 9.59 Å². The standard InChI is InChI=1S/C16H13N3O3/c1-22-12-4-2-3-11-13(12)18-15(19-16(11)21)10-7-5-9(6-8-10)14(17)20/h2-8H,1H3,(H2,17,20)(H,18,19,21). The summed E-state index contributed by atoms with van der Waals surface area (Å²) in [5, 5.41) is 0.455. The Morgan fingerprint density at radius 3 is 2.55 bits per heavy atom. The summed E-state index contributed by atoms with van der Waals surface area (Å²) in [7, 11) is 1.53. The first-order valence-corrected chi connectivity index (χ1v) is 6.57. The second-order valence-electron chi connectivity index (χ2n) is 4.71. The van der Waals surface area contributed by atoms with E-state index in [2.05, 4.69) is 9.97 Å². The molecule has 0 radical (unpaired) electrons. The molecule has 1 aromatic heterocycles. The van der Waals surface area contributed by atoms with E-state index in [1.807, 2.05) is 0 Å². The number of rotatable bonds is 3. The van der Waals surface area contributed by atoms with Crippen LogP contribution in [0.15, 0.2) is 47.3 Å². The second kappa shape index (κ2) is 5.33. The number of amides is 1. The van der Waals surface area contributed by atoms with E-state index in [9.17, 15) is 9.59 Å². The van der Waals surface area contributed by atoms with Crippen LogP contribution in [-0.4, -0.2) is 23.0 Å². The van der Waals surface area contributed by atoms with Gasteiger partial charge in [-0.2, -0.15) is 0 Å². The second-order valence-corrected chi connectivity index (χ2v) is 4.71. The number of H-pyrrole nitrogens is 1. The van der Waals surface area contributed by atoms with E-state index >= 15 is 0 Å². The molecule has 22 heavy (non-hydrogen) atoms. The summed E-state index contributed by atoms with van der Waals surface area (Å²) in [6.07, 6.45) is 0. The van der Waals surface area contributed by atoms with Gasteiger partial charge in [0.15, 0.2) is 0 Å². The van der Waals surface area contributed by atoms with Crippen molar-refractivity contribution in [1.82, 2.24) is 9.97 Å². The van der Waals surface area contributed by atoms with Gasteiger partial charge < -0.3 is 15.5 Å². The lowest BCUT2D eigenvalue weighted by atomic mass is 10.1. The highest BCUT2D eigenvalue weighted by Crippen LogP contribution is 2.23.